The van der Waals surface area contributed by atoms with Gasteiger partial charge in [0.15, 0.2) is 0 Å². The summed E-state index contributed by atoms with van der Waals surface area (Å²) in [5.74, 6) is 0.156. The van der Waals surface area contributed by atoms with E-state index in [9.17, 15) is 4.79 Å². The Morgan fingerprint density at radius 1 is 1.38 bits per heavy atom. The van der Waals surface area contributed by atoms with Crippen LogP contribution < -0.4 is 0 Å². The number of oxazole rings is 1. The van der Waals surface area contributed by atoms with E-state index < -0.39 is 11.8 Å². The van der Waals surface area contributed by atoms with Crippen molar-refractivity contribution in [1.29, 1.82) is 0 Å². The molecule has 0 bridgehead atoms. The maximum absolute atomic E-state index is 11.6. The first kappa shape index (κ1) is 19.1. The smallest absolute Gasteiger partial charge is 0.366 e. The van der Waals surface area contributed by atoms with Gasteiger partial charge >= 0.3 is 5.97 Å². The molecule has 0 aliphatic carbocycles. The van der Waals surface area contributed by atoms with Crippen molar-refractivity contribution >= 4 is 17.3 Å². The molecule has 1 aliphatic rings. The number of ether oxygens (including phenoxy) is 3. The van der Waals surface area contributed by atoms with E-state index in [0.29, 0.717) is 25.0 Å². The SMILES string of the molecule is COC(=O)C1(C)OCC(CCCCc2nc(-c3cccs3)oc2C)CO1. The first-order valence-electron chi connectivity index (χ1n) is 8.88. The van der Waals surface area contributed by atoms with Crippen LogP contribution in [0.1, 0.15) is 37.6 Å². The number of carbonyl (C=O) groups is 1. The van der Waals surface area contributed by atoms with E-state index in [0.717, 1.165) is 42.0 Å². The predicted molar refractivity (Wildman–Crippen MR) is 97.9 cm³/mol. The number of rotatable bonds is 7. The number of aromatic nitrogens is 1. The van der Waals surface area contributed by atoms with Gasteiger partial charge in [-0.1, -0.05) is 12.5 Å². The number of aryl methyl sites for hydroxylation is 2. The van der Waals surface area contributed by atoms with E-state index in [-0.39, 0.29) is 0 Å². The Bertz CT molecular complexity index is 716. The highest BCUT2D eigenvalue weighted by Gasteiger charge is 2.41. The van der Waals surface area contributed by atoms with E-state index >= 15 is 0 Å². The molecule has 142 valence electrons. The number of esters is 1. The molecule has 0 N–H and O–H groups in total. The monoisotopic (exact) mass is 379 g/mol. The van der Waals surface area contributed by atoms with Crippen molar-refractivity contribution in [2.45, 2.75) is 45.3 Å². The van der Waals surface area contributed by atoms with Gasteiger partial charge in [-0.15, -0.1) is 11.3 Å². The topological polar surface area (TPSA) is 70.8 Å². The van der Waals surface area contributed by atoms with E-state index in [2.05, 4.69) is 4.98 Å². The maximum Gasteiger partial charge on any atom is 0.366 e. The first-order valence-corrected chi connectivity index (χ1v) is 9.76. The molecule has 26 heavy (non-hydrogen) atoms. The summed E-state index contributed by atoms with van der Waals surface area (Å²) in [6.45, 7) is 4.59. The Labute approximate surface area is 157 Å². The van der Waals surface area contributed by atoms with Crippen LogP contribution >= 0.6 is 11.3 Å². The van der Waals surface area contributed by atoms with Crippen LogP contribution in [0, 0.1) is 12.8 Å². The average molecular weight is 379 g/mol. The zero-order valence-corrected chi connectivity index (χ0v) is 16.3. The summed E-state index contributed by atoms with van der Waals surface area (Å²) in [7, 11) is 1.34. The average Bonchev–Trinajstić information content (AvgIpc) is 3.29. The minimum Gasteiger partial charge on any atom is -0.465 e. The van der Waals surface area contributed by atoms with E-state index in [1.807, 2.05) is 24.4 Å². The fourth-order valence-electron chi connectivity index (χ4n) is 3.00. The lowest BCUT2D eigenvalue weighted by Crippen LogP contribution is -2.48. The second-order valence-corrected chi connectivity index (χ2v) is 7.62. The highest BCUT2D eigenvalue weighted by atomic mass is 32.1. The van der Waals surface area contributed by atoms with Crippen molar-refractivity contribution < 1.29 is 23.4 Å². The molecule has 0 atom stereocenters. The van der Waals surface area contributed by atoms with Crippen molar-refractivity contribution in [3.05, 3.63) is 29.0 Å². The fourth-order valence-corrected chi connectivity index (χ4v) is 3.65. The van der Waals surface area contributed by atoms with Crippen LogP contribution in [0.15, 0.2) is 21.9 Å². The minimum atomic E-state index is -1.26. The molecule has 0 spiro atoms. The van der Waals surface area contributed by atoms with Gasteiger partial charge in [-0.05, 0) is 37.6 Å². The van der Waals surface area contributed by atoms with Crippen molar-refractivity contribution in [1.82, 2.24) is 4.98 Å². The van der Waals surface area contributed by atoms with Gasteiger partial charge in [-0.3, -0.25) is 0 Å². The standard InChI is InChI=1S/C19H25NO5S/c1-13-15(20-17(25-13)16-9-6-10-26-16)8-5-4-7-14-11-23-19(2,24-12-14)18(21)22-3/h6,9-10,14H,4-5,7-8,11-12H2,1-3H3. The van der Waals surface area contributed by atoms with Crippen molar-refractivity contribution in [3.63, 3.8) is 0 Å². The lowest BCUT2D eigenvalue weighted by atomic mass is 10.0. The van der Waals surface area contributed by atoms with E-state index in [1.165, 1.54) is 7.11 Å². The van der Waals surface area contributed by atoms with Gasteiger partial charge in [-0.25, -0.2) is 9.78 Å². The summed E-state index contributed by atoms with van der Waals surface area (Å²) in [6.07, 6.45) is 3.97. The Hall–Kier alpha value is -1.70. The maximum atomic E-state index is 11.6. The summed E-state index contributed by atoms with van der Waals surface area (Å²) in [5.41, 5.74) is 1.03. The minimum absolute atomic E-state index is 0.299. The molecule has 2 aromatic heterocycles. The number of carbonyl (C=O) groups excluding carboxylic acids is 1. The molecule has 6 nitrogen and oxygen atoms in total. The van der Waals surface area contributed by atoms with Crippen molar-refractivity contribution in [2.75, 3.05) is 20.3 Å². The zero-order chi connectivity index (χ0) is 18.6. The summed E-state index contributed by atoms with van der Waals surface area (Å²) < 4.78 is 21.7. The molecule has 3 heterocycles. The highest BCUT2D eigenvalue weighted by molar-refractivity contribution is 7.13. The molecule has 3 rings (SSSR count). The highest BCUT2D eigenvalue weighted by Crippen LogP contribution is 2.28. The first-order chi connectivity index (χ1) is 12.5. The van der Waals surface area contributed by atoms with Gasteiger partial charge < -0.3 is 18.6 Å². The number of thiophene rings is 1. The Kier molecular flexibility index (Phi) is 6.11. The number of hydrogen-bond donors (Lipinski definition) is 0. The largest absolute Gasteiger partial charge is 0.465 e. The number of methoxy groups -OCH3 is 1. The molecule has 0 radical (unpaired) electrons. The Morgan fingerprint density at radius 2 is 2.15 bits per heavy atom. The lowest BCUT2D eigenvalue weighted by Gasteiger charge is -2.35. The number of nitrogens with zero attached hydrogens (tertiary/aromatic N) is 1. The second kappa shape index (κ2) is 8.33. The summed E-state index contributed by atoms with van der Waals surface area (Å²) >= 11 is 1.63. The van der Waals surface area contributed by atoms with Gasteiger partial charge in [0.2, 0.25) is 5.89 Å². The van der Waals surface area contributed by atoms with Crippen LogP contribution in [-0.4, -0.2) is 37.1 Å². The van der Waals surface area contributed by atoms with E-state index in [1.54, 1.807) is 18.3 Å². The van der Waals surface area contributed by atoms with Crippen molar-refractivity contribution in [2.24, 2.45) is 5.92 Å². The molecule has 2 aromatic rings. The van der Waals surface area contributed by atoms with Gasteiger partial charge in [-0.2, -0.15) is 0 Å². The molecule has 7 heteroatoms. The molecule has 0 saturated carbocycles. The third kappa shape index (κ3) is 4.34. The Balaban J connectivity index is 1.41. The van der Waals surface area contributed by atoms with Gasteiger partial charge in [0.25, 0.3) is 5.79 Å². The van der Waals surface area contributed by atoms with Gasteiger partial charge in [0.1, 0.15) is 5.76 Å². The van der Waals surface area contributed by atoms with Crippen molar-refractivity contribution in [3.8, 4) is 10.8 Å². The third-order valence-corrected chi connectivity index (χ3v) is 5.50. The normalized spacial score (nSPS) is 23.1. The molecule has 1 aliphatic heterocycles. The van der Waals surface area contributed by atoms with Crippen LogP contribution in [-0.2, 0) is 25.4 Å². The van der Waals surface area contributed by atoms with Crippen LogP contribution in [0.25, 0.3) is 10.8 Å². The number of unbranched alkanes of at least 4 members (excludes halogenated alkanes) is 1. The van der Waals surface area contributed by atoms with Crippen LogP contribution in [0.3, 0.4) is 0 Å². The molecular weight excluding hydrogens is 354 g/mol. The van der Waals surface area contributed by atoms with E-state index in [4.69, 9.17) is 18.6 Å². The van der Waals surface area contributed by atoms with Gasteiger partial charge in [0, 0.05) is 12.8 Å². The molecule has 1 saturated heterocycles. The molecule has 1 fully saturated rings. The third-order valence-electron chi connectivity index (χ3n) is 4.65. The number of hydrogen-bond acceptors (Lipinski definition) is 7. The van der Waals surface area contributed by atoms with Crippen LogP contribution in [0.2, 0.25) is 0 Å². The summed E-state index contributed by atoms with van der Waals surface area (Å²) in [5, 5.41) is 2.02. The second-order valence-electron chi connectivity index (χ2n) is 6.67. The van der Waals surface area contributed by atoms with Crippen LogP contribution in [0.5, 0.6) is 0 Å². The summed E-state index contributed by atoms with van der Waals surface area (Å²) in [6, 6.07) is 4.02. The quantitative estimate of drug-likeness (QED) is 0.535. The molecule has 0 unspecified atom stereocenters. The fraction of sp³-hybridized carbons (Fsp3) is 0.579. The molecular formula is C19H25NO5S. The lowest BCUT2D eigenvalue weighted by molar-refractivity contribution is -0.272. The molecule has 0 amide bonds. The molecule has 0 aromatic carbocycles. The summed E-state index contributed by atoms with van der Waals surface area (Å²) in [4.78, 5) is 17.3. The zero-order valence-electron chi connectivity index (χ0n) is 15.4. The predicted octanol–water partition coefficient (Wildman–Crippen LogP) is 3.98. The Morgan fingerprint density at radius 3 is 2.81 bits per heavy atom. The van der Waals surface area contributed by atoms with Gasteiger partial charge in [0.05, 0.1) is 30.9 Å². The van der Waals surface area contributed by atoms with Crippen LogP contribution in [0.4, 0.5) is 0 Å².